The number of hydrogen-bond donors (Lipinski definition) is 2. The minimum Gasteiger partial charge on any atom is -0.441 e. The Morgan fingerprint density at radius 2 is 1.80 bits per heavy atom. The Labute approximate surface area is 117 Å². The van der Waals surface area contributed by atoms with E-state index in [1.807, 2.05) is 44.3 Å². The zero-order valence-corrected chi connectivity index (χ0v) is 11.6. The summed E-state index contributed by atoms with van der Waals surface area (Å²) in [4.78, 5) is 4.38. The van der Waals surface area contributed by atoms with E-state index in [4.69, 9.17) is 10.2 Å². The van der Waals surface area contributed by atoms with E-state index in [1.54, 1.807) is 0 Å². The number of rotatable bonds is 3. The number of nitrogens with one attached hydrogen (secondary N) is 1. The average Bonchev–Trinajstić information content (AvgIpc) is 2.81. The highest BCUT2D eigenvalue weighted by molar-refractivity contribution is 5.73. The summed E-state index contributed by atoms with van der Waals surface area (Å²) in [5.74, 6) is 0.686. The molecule has 0 spiro atoms. The van der Waals surface area contributed by atoms with Crippen LogP contribution in [0.15, 0.2) is 46.9 Å². The molecule has 1 heterocycles. The number of fused-ring (bicyclic) bond motifs is 1. The van der Waals surface area contributed by atoms with Crippen molar-refractivity contribution in [2.24, 2.45) is 0 Å². The van der Waals surface area contributed by atoms with Crippen molar-refractivity contribution < 1.29 is 4.42 Å². The minimum atomic E-state index is 0.108. The normalized spacial score (nSPS) is 12.7. The van der Waals surface area contributed by atoms with Gasteiger partial charge in [0.05, 0.1) is 6.04 Å². The van der Waals surface area contributed by atoms with Crippen molar-refractivity contribution in [1.29, 1.82) is 0 Å². The molecule has 0 bridgehead atoms. The summed E-state index contributed by atoms with van der Waals surface area (Å²) in [6.07, 6.45) is 0. The Bertz CT molecular complexity index is 731. The van der Waals surface area contributed by atoms with Crippen LogP contribution in [0.1, 0.15) is 23.1 Å². The number of nitrogen functional groups attached to an aromatic ring is 1. The zero-order valence-electron chi connectivity index (χ0n) is 11.6. The number of hydrogen-bond acceptors (Lipinski definition) is 4. The molecule has 3 rings (SSSR count). The van der Waals surface area contributed by atoms with Crippen molar-refractivity contribution in [3.8, 4) is 0 Å². The fourth-order valence-corrected chi connectivity index (χ4v) is 2.45. The topological polar surface area (TPSA) is 64.1 Å². The van der Waals surface area contributed by atoms with Crippen LogP contribution in [0, 0.1) is 6.92 Å². The first kappa shape index (κ1) is 12.7. The van der Waals surface area contributed by atoms with Gasteiger partial charge in [-0.25, -0.2) is 4.98 Å². The molecule has 3 aromatic rings. The third kappa shape index (κ3) is 2.26. The molecule has 0 saturated carbocycles. The van der Waals surface area contributed by atoms with E-state index in [2.05, 4.69) is 22.4 Å². The molecule has 0 aliphatic rings. The summed E-state index contributed by atoms with van der Waals surface area (Å²) >= 11 is 0. The highest BCUT2D eigenvalue weighted by Gasteiger charge is 2.13. The van der Waals surface area contributed by atoms with Crippen LogP contribution in [0.25, 0.3) is 11.1 Å². The smallest absolute Gasteiger partial charge is 0.192 e. The molecule has 0 saturated heterocycles. The van der Waals surface area contributed by atoms with E-state index in [-0.39, 0.29) is 6.04 Å². The van der Waals surface area contributed by atoms with Crippen molar-refractivity contribution in [3.05, 3.63) is 59.5 Å². The molecule has 20 heavy (non-hydrogen) atoms. The minimum absolute atomic E-state index is 0.108. The number of nitrogens with zero attached hydrogens (tertiary/aromatic N) is 1. The molecule has 0 aliphatic carbocycles. The summed E-state index contributed by atoms with van der Waals surface area (Å²) in [5.41, 5.74) is 10.5. The summed E-state index contributed by atoms with van der Waals surface area (Å²) in [6, 6.07) is 14.1. The summed E-state index contributed by atoms with van der Waals surface area (Å²) < 4.78 is 5.51. The Morgan fingerprint density at radius 3 is 2.50 bits per heavy atom. The number of benzene rings is 2. The molecule has 1 aromatic heterocycles. The van der Waals surface area contributed by atoms with Crippen molar-refractivity contribution in [1.82, 2.24) is 10.3 Å². The molecule has 4 heteroatoms. The van der Waals surface area contributed by atoms with Gasteiger partial charge in [-0.15, -0.1) is 0 Å². The van der Waals surface area contributed by atoms with Gasteiger partial charge in [0, 0.05) is 12.6 Å². The van der Waals surface area contributed by atoms with E-state index in [0.29, 0.717) is 5.89 Å². The van der Waals surface area contributed by atoms with E-state index in [9.17, 15) is 0 Å². The van der Waals surface area contributed by atoms with Gasteiger partial charge in [-0.2, -0.15) is 0 Å². The van der Waals surface area contributed by atoms with Gasteiger partial charge in [0.1, 0.15) is 5.52 Å². The highest BCUT2D eigenvalue weighted by atomic mass is 16.3. The van der Waals surface area contributed by atoms with Crippen molar-refractivity contribution in [3.63, 3.8) is 0 Å². The van der Waals surface area contributed by atoms with Gasteiger partial charge >= 0.3 is 0 Å². The SMILES string of the molecule is CNC(c1ccc(N)cc1)c1ccc2oc(C)nc2c1. The van der Waals surface area contributed by atoms with E-state index in [0.717, 1.165) is 22.4 Å². The molecular formula is C16H17N3O. The lowest BCUT2D eigenvalue weighted by Crippen LogP contribution is -2.17. The van der Waals surface area contributed by atoms with Gasteiger partial charge in [0.2, 0.25) is 0 Å². The van der Waals surface area contributed by atoms with Crippen molar-refractivity contribution in [2.75, 3.05) is 12.8 Å². The average molecular weight is 267 g/mol. The van der Waals surface area contributed by atoms with Crippen molar-refractivity contribution >= 4 is 16.8 Å². The number of aromatic nitrogens is 1. The maximum absolute atomic E-state index is 5.74. The lowest BCUT2D eigenvalue weighted by Gasteiger charge is -2.17. The van der Waals surface area contributed by atoms with E-state index >= 15 is 0 Å². The van der Waals surface area contributed by atoms with Gasteiger partial charge in [0.15, 0.2) is 11.5 Å². The maximum atomic E-state index is 5.74. The second-order valence-corrected chi connectivity index (χ2v) is 4.85. The second kappa shape index (κ2) is 4.98. The van der Waals surface area contributed by atoms with Gasteiger partial charge in [-0.05, 0) is 42.4 Å². The molecule has 3 N–H and O–H groups in total. The number of aryl methyl sites for hydroxylation is 1. The van der Waals surface area contributed by atoms with Gasteiger partial charge < -0.3 is 15.5 Å². The fourth-order valence-electron chi connectivity index (χ4n) is 2.45. The Hall–Kier alpha value is -2.33. The van der Waals surface area contributed by atoms with Crippen LogP contribution in [0.2, 0.25) is 0 Å². The monoisotopic (exact) mass is 267 g/mol. The van der Waals surface area contributed by atoms with Crippen LogP contribution >= 0.6 is 0 Å². The van der Waals surface area contributed by atoms with Crippen LogP contribution in [0.5, 0.6) is 0 Å². The predicted molar refractivity (Wildman–Crippen MR) is 80.5 cm³/mol. The molecule has 1 atom stereocenters. The van der Waals surface area contributed by atoms with E-state index < -0.39 is 0 Å². The summed E-state index contributed by atoms with van der Waals surface area (Å²) in [5, 5.41) is 3.33. The van der Waals surface area contributed by atoms with Crippen LogP contribution in [0.4, 0.5) is 5.69 Å². The molecule has 0 aliphatic heterocycles. The largest absolute Gasteiger partial charge is 0.441 e. The third-order valence-corrected chi connectivity index (χ3v) is 3.41. The first-order chi connectivity index (χ1) is 9.67. The molecule has 0 fully saturated rings. The summed E-state index contributed by atoms with van der Waals surface area (Å²) in [6.45, 7) is 1.86. The summed E-state index contributed by atoms with van der Waals surface area (Å²) in [7, 11) is 1.94. The van der Waals surface area contributed by atoms with Crippen LogP contribution < -0.4 is 11.1 Å². The predicted octanol–water partition coefficient (Wildman–Crippen LogP) is 3.03. The molecule has 1 unspecified atom stereocenters. The number of oxazole rings is 1. The lowest BCUT2D eigenvalue weighted by molar-refractivity contribution is 0.561. The van der Waals surface area contributed by atoms with Crippen LogP contribution in [0.3, 0.4) is 0 Å². The highest BCUT2D eigenvalue weighted by Crippen LogP contribution is 2.26. The van der Waals surface area contributed by atoms with Gasteiger partial charge in [0.25, 0.3) is 0 Å². The first-order valence-corrected chi connectivity index (χ1v) is 6.57. The molecular weight excluding hydrogens is 250 g/mol. The van der Waals surface area contributed by atoms with Gasteiger partial charge in [-0.1, -0.05) is 18.2 Å². The lowest BCUT2D eigenvalue weighted by atomic mass is 9.98. The third-order valence-electron chi connectivity index (χ3n) is 3.41. The van der Waals surface area contributed by atoms with Crippen LogP contribution in [-0.2, 0) is 0 Å². The van der Waals surface area contributed by atoms with Crippen LogP contribution in [-0.4, -0.2) is 12.0 Å². The van der Waals surface area contributed by atoms with E-state index in [1.165, 1.54) is 5.56 Å². The molecule has 102 valence electrons. The maximum Gasteiger partial charge on any atom is 0.192 e. The number of nitrogens with two attached hydrogens (primary N) is 1. The van der Waals surface area contributed by atoms with Crippen molar-refractivity contribution in [2.45, 2.75) is 13.0 Å². The Morgan fingerprint density at radius 1 is 1.10 bits per heavy atom. The molecule has 0 amide bonds. The quantitative estimate of drug-likeness (QED) is 0.716. The molecule has 0 radical (unpaired) electrons. The standard InChI is InChI=1S/C16H17N3O/c1-10-19-14-9-12(5-8-15(14)20-10)16(18-2)11-3-6-13(17)7-4-11/h3-9,16,18H,17H2,1-2H3. The molecule has 2 aromatic carbocycles. The Balaban J connectivity index is 2.03. The number of anilines is 1. The fraction of sp³-hybridized carbons (Fsp3) is 0.188. The second-order valence-electron chi connectivity index (χ2n) is 4.85. The molecule has 4 nitrogen and oxygen atoms in total. The zero-order chi connectivity index (χ0) is 14.1. The first-order valence-electron chi connectivity index (χ1n) is 6.57. The van der Waals surface area contributed by atoms with Gasteiger partial charge in [-0.3, -0.25) is 0 Å². The Kier molecular flexibility index (Phi) is 3.16.